The molecule has 0 unspecified atom stereocenters. The third-order valence-corrected chi connectivity index (χ3v) is 8.60. The van der Waals surface area contributed by atoms with E-state index < -0.39 is 28.5 Å². The van der Waals surface area contributed by atoms with E-state index in [1.807, 2.05) is 6.92 Å². The molecule has 1 aliphatic heterocycles. The van der Waals surface area contributed by atoms with E-state index in [2.05, 4.69) is 5.32 Å². The minimum Gasteiger partial charge on any atom is -0.486 e. The Morgan fingerprint density at radius 2 is 1.65 bits per heavy atom. The minimum atomic E-state index is -4.19. The number of amides is 2. The summed E-state index contributed by atoms with van der Waals surface area (Å²) in [5, 5.41) is 3.25. The van der Waals surface area contributed by atoms with Crippen LogP contribution in [0.15, 0.2) is 77.7 Å². The second-order valence-corrected chi connectivity index (χ2v) is 11.5. The first kappa shape index (κ1) is 29.2. The lowest BCUT2D eigenvalue weighted by molar-refractivity contribution is -0.139. The third kappa shape index (κ3) is 6.68. The Kier molecular flexibility index (Phi) is 9.54. The predicted molar refractivity (Wildman–Crippen MR) is 153 cm³/mol. The van der Waals surface area contributed by atoms with Crippen LogP contribution < -0.4 is 19.1 Å². The number of fused-ring (bicyclic) bond motifs is 1. The molecule has 11 heteroatoms. The monoisotopic (exact) mass is 585 g/mol. The first-order chi connectivity index (χ1) is 19.2. The molecule has 1 N–H and O–H groups in total. The van der Waals surface area contributed by atoms with E-state index in [9.17, 15) is 18.0 Å². The number of anilines is 1. The molecule has 40 heavy (non-hydrogen) atoms. The number of carbonyl (C=O) groups excluding carboxylic acids is 2. The lowest BCUT2D eigenvalue weighted by Gasteiger charge is -2.32. The molecule has 0 aromatic heterocycles. The summed E-state index contributed by atoms with van der Waals surface area (Å²) >= 11 is 6.39. The maximum absolute atomic E-state index is 14.0. The van der Waals surface area contributed by atoms with Crippen LogP contribution in [0.3, 0.4) is 0 Å². The first-order valence-electron chi connectivity index (χ1n) is 13.0. The average Bonchev–Trinajstić information content (AvgIpc) is 2.97. The summed E-state index contributed by atoms with van der Waals surface area (Å²) in [6, 6.07) is 18.7. The van der Waals surface area contributed by atoms with Crippen LogP contribution in [0.25, 0.3) is 0 Å². The van der Waals surface area contributed by atoms with E-state index in [1.165, 1.54) is 23.1 Å². The van der Waals surface area contributed by atoms with Crippen LogP contribution in [0, 0.1) is 0 Å². The fraction of sp³-hybridized carbons (Fsp3) is 0.310. The minimum absolute atomic E-state index is 0.0135. The molecule has 9 nitrogen and oxygen atoms in total. The second kappa shape index (κ2) is 13.1. The Hall–Kier alpha value is -3.76. The van der Waals surface area contributed by atoms with E-state index in [1.54, 1.807) is 61.5 Å². The van der Waals surface area contributed by atoms with Gasteiger partial charge in [0, 0.05) is 24.2 Å². The van der Waals surface area contributed by atoms with Crippen molar-refractivity contribution in [2.75, 3.05) is 30.6 Å². The van der Waals surface area contributed by atoms with Crippen LogP contribution >= 0.6 is 11.6 Å². The number of halogens is 1. The zero-order valence-corrected chi connectivity index (χ0v) is 24.0. The highest BCUT2D eigenvalue weighted by molar-refractivity contribution is 7.92. The standard InChI is InChI=1S/C29H32ClN3O6S/c1-3-15-31-29(35)21(2)32(19-22-9-7-8-12-25(22)30)28(34)20-33(40(36,37)24-10-5-4-6-11-24)23-13-14-26-27(18-23)39-17-16-38-26/h4-14,18,21H,3,15-17,19-20H2,1-2H3,(H,31,35)/t21-/m0/s1. The molecular formula is C29H32ClN3O6S. The number of nitrogens with zero attached hydrogens (tertiary/aromatic N) is 2. The van der Waals surface area contributed by atoms with Crippen LogP contribution in [0.5, 0.6) is 11.5 Å². The van der Waals surface area contributed by atoms with E-state index in [0.717, 1.165) is 10.7 Å². The normalized spacial score (nSPS) is 13.3. The van der Waals surface area contributed by atoms with Crippen molar-refractivity contribution in [3.8, 4) is 11.5 Å². The van der Waals surface area contributed by atoms with Crippen molar-refractivity contribution in [2.45, 2.75) is 37.8 Å². The SMILES string of the molecule is CCCNC(=O)[C@H](C)N(Cc1ccccc1Cl)C(=O)CN(c1ccc2c(c1)OCCO2)S(=O)(=O)c1ccccc1. The first-order valence-corrected chi connectivity index (χ1v) is 14.8. The van der Waals surface area contributed by atoms with Gasteiger partial charge in [-0.2, -0.15) is 0 Å². The zero-order chi connectivity index (χ0) is 28.7. The lowest BCUT2D eigenvalue weighted by Crippen LogP contribution is -2.51. The Morgan fingerprint density at radius 1 is 0.975 bits per heavy atom. The molecule has 4 rings (SSSR count). The molecule has 3 aromatic rings. The van der Waals surface area contributed by atoms with Crippen molar-refractivity contribution in [3.05, 3.63) is 83.4 Å². The Labute approximate surface area is 239 Å². The number of hydrogen-bond donors (Lipinski definition) is 1. The van der Waals surface area contributed by atoms with Gasteiger partial charge in [-0.3, -0.25) is 13.9 Å². The summed E-state index contributed by atoms with van der Waals surface area (Å²) < 4.78 is 40.1. The second-order valence-electron chi connectivity index (χ2n) is 9.23. The van der Waals surface area contributed by atoms with Crippen LogP contribution in [0.2, 0.25) is 5.02 Å². The molecule has 0 saturated heterocycles. The summed E-state index contributed by atoms with van der Waals surface area (Å²) in [5.41, 5.74) is 0.853. The molecule has 0 bridgehead atoms. The van der Waals surface area contributed by atoms with Crippen molar-refractivity contribution in [1.29, 1.82) is 0 Å². The van der Waals surface area contributed by atoms with Crippen LogP contribution in [0.1, 0.15) is 25.8 Å². The number of carbonyl (C=O) groups is 2. The highest BCUT2D eigenvalue weighted by Crippen LogP contribution is 2.36. The molecule has 0 aliphatic carbocycles. The molecule has 2 amide bonds. The third-order valence-electron chi connectivity index (χ3n) is 6.44. The summed E-state index contributed by atoms with van der Waals surface area (Å²) in [6.45, 7) is 4.13. The van der Waals surface area contributed by atoms with Gasteiger partial charge in [-0.25, -0.2) is 8.42 Å². The van der Waals surface area contributed by atoms with E-state index >= 15 is 0 Å². The van der Waals surface area contributed by atoms with Gasteiger partial charge in [-0.15, -0.1) is 0 Å². The highest BCUT2D eigenvalue weighted by atomic mass is 35.5. The summed E-state index contributed by atoms with van der Waals surface area (Å²) in [6.07, 6.45) is 0.726. The number of nitrogens with one attached hydrogen (secondary N) is 1. The number of sulfonamides is 1. The van der Waals surface area contributed by atoms with Crippen molar-refractivity contribution in [3.63, 3.8) is 0 Å². The van der Waals surface area contributed by atoms with Gasteiger partial charge in [0.25, 0.3) is 10.0 Å². The number of ether oxygens (including phenoxy) is 2. The van der Waals surface area contributed by atoms with Crippen molar-refractivity contribution >= 4 is 39.1 Å². The fourth-order valence-corrected chi connectivity index (χ4v) is 5.85. The molecule has 1 atom stereocenters. The van der Waals surface area contributed by atoms with Crippen LogP contribution in [-0.4, -0.2) is 57.5 Å². The molecular weight excluding hydrogens is 554 g/mol. The smallest absolute Gasteiger partial charge is 0.264 e. The summed E-state index contributed by atoms with van der Waals surface area (Å²) in [7, 11) is -4.19. The van der Waals surface area contributed by atoms with Crippen molar-refractivity contribution in [2.24, 2.45) is 0 Å². The lowest BCUT2D eigenvalue weighted by atomic mass is 10.1. The number of hydrogen-bond acceptors (Lipinski definition) is 6. The molecule has 0 fully saturated rings. The van der Waals surface area contributed by atoms with Gasteiger partial charge in [-0.05, 0) is 49.2 Å². The fourth-order valence-electron chi connectivity index (χ4n) is 4.22. The van der Waals surface area contributed by atoms with E-state index in [4.69, 9.17) is 21.1 Å². The number of benzene rings is 3. The average molecular weight is 586 g/mol. The van der Waals surface area contributed by atoms with Gasteiger partial charge in [0.05, 0.1) is 10.6 Å². The molecule has 0 radical (unpaired) electrons. The molecule has 3 aromatic carbocycles. The van der Waals surface area contributed by atoms with E-state index in [0.29, 0.717) is 41.8 Å². The van der Waals surface area contributed by atoms with Gasteiger partial charge in [0.2, 0.25) is 11.8 Å². The Balaban J connectivity index is 1.73. The maximum atomic E-state index is 14.0. The van der Waals surface area contributed by atoms with Crippen molar-refractivity contribution in [1.82, 2.24) is 10.2 Å². The Morgan fingerprint density at radius 3 is 2.35 bits per heavy atom. The van der Waals surface area contributed by atoms with Crippen molar-refractivity contribution < 1.29 is 27.5 Å². The quantitative estimate of drug-likeness (QED) is 0.361. The van der Waals surface area contributed by atoms with Gasteiger partial charge >= 0.3 is 0 Å². The maximum Gasteiger partial charge on any atom is 0.264 e. The van der Waals surface area contributed by atoms with E-state index in [-0.39, 0.29) is 23.0 Å². The molecule has 1 aliphatic rings. The molecule has 0 spiro atoms. The highest BCUT2D eigenvalue weighted by Gasteiger charge is 2.33. The summed E-state index contributed by atoms with van der Waals surface area (Å²) in [5.74, 6) is -0.0582. The van der Waals surface area contributed by atoms with Gasteiger partial charge in [0.1, 0.15) is 25.8 Å². The summed E-state index contributed by atoms with van der Waals surface area (Å²) in [4.78, 5) is 28.3. The predicted octanol–water partition coefficient (Wildman–Crippen LogP) is 4.25. The number of rotatable bonds is 11. The van der Waals surface area contributed by atoms with Gasteiger partial charge in [-0.1, -0.05) is 54.9 Å². The zero-order valence-electron chi connectivity index (χ0n) is 22.4. The van der Waals surface area contributed by atoms with Gasteiger partial charge in [0.15, 0.2) is 11.5 Å². The molecule has 212 valence electrons. The molecule has 0 saturated carbocycles. The Bertz CT molecular complexity index is 1450. The molecule has 1 heterocycles. The van der Waals surface area contributed by atoms with Crippen LogP contribution in [-0.2, 0) is 26.2 Å². The largest absolute Gasteiger partial charge is 0.486 e. The van der Waals surface area contributed by atoms with Crippen LogP contribution in [0.4, 0.5) is 5.69 Å². The topological polar surface area (TPSA) is 105 Å². The van der Waals surface area contributed by atoms with Gasteiger partial charge < -0.3 is 19.7 Å².